The van der Waals surface area contributed by atoms with E-state index in [1.165, 1.54) is 0 Å². The minimum atomic E-state index is -1.01. The van der Waals surface area contributed by atoms with E-state index in [0.29, 0.717) is 5.02 Å². The van der Waals surface area contributed by atoms with Crippen molar-refractivity contribution in [1.29, 1.82) is 0 Å². The second kappa shape index (κ2) is 11.4. The fourth-order valence-corrected chi connectivity index (χ4v) is 6.19. The van der Waals surface area contributed by atoms with Gasteiger partial charge in [-0.2, -0.15) is 5.10 Å². The Labute approximate surface area is 257 Å². The van der Waals surface area contributed by atoms with Crippen LogP contribution >= 0.6 is 11.6 Å². The van der Waals surface area contributed by atoms with Crippen LogP contribution in [0.4, 0.5) is 0 Å². The number of nitrogens with zero attached hydrogens (tertiary/aromatic N) is 2. The van der Waals surface area contributed by atoms with Crippen LogP contribution in [0.5, 0.6) is 0 Å². The van der Waals surface area contributed by atoms with Gasteiger partial charge in [0.25, 0.3) is 0 Å². The molecule has 0 saturated heterocycles. The number of carbonyl (C=O) groups excluding carboxylic acids is 1. The lowest BCUT2D eigenvalue weighted by molar-refractivity contribution is -0.121. The van der Waals surface area contributed by atoms with Gasteiger partial charge >= 0.3 is 0 Å². The zero-order chi connectivity index (χ0) is 30.0. The van der Waals surface area contributed by atoms with Gasteiger partial charge in [-0.3, -0.25) is 9.48 Å². The van der Waals surface area contributed by atoms with Gasteiger partial charge in [0.15, 0.2) is 0 Å². The van der Waals surface area contributed by atoms with Crippen molar-refractivity contribution in [2.45, 2.75) is 24.8 Å². The summed E-state index contributed by atoms with van der Waals surface area (Å²) in [5.74, 6) is -0.426. The highest BCUT2D eigenvalue weighted by molar-refractivity contribution is 6.30. The smallest absolute Gasteiger partial charge is 0.232 e. The second-order valence-electron chi connectivity index (χ2n) is 11.0. The lowest BCUT2D eigenvalue weighted by Crippen LogP contribution is -2.39. The maximum atomic E-state index is 12.8. The first kappa shape index (κ1) is 28.2. The summed E-state index contributed by atoms with van der Waals surface area (Å²) in [5.41, 5.74) is 12.1. The molecule has 0 saturated carbocycles. The summed E-state index contributed by atoms with van der Waals surface area (Å²) in [5, 5.41) is 5.78. The fourth-order valence-electron chi connectivity index (χ4n) is 6.07. The van der Waals surface area contributed by atoms with E-state index in [-0.39, 0.29) is 0 Å². The molecule has 4 nitrogen and oxygen atoms in total. The molecule has 2 N–H and O–H groups in total. The summed E-state index contributed by atoms with van der Waals surface area (Å²) in [6.45, 7) is 3.89. The maximum absolute atomic E-state index is 12.8. The number of rotatable bonds is 8. The topological polar surface area (TPSA) is 60.9 Å². The molecule has 1 atom stereocenters. The summed E-state index contributed by atoms with van der Waals surface area (Å²) in [4.78, 5) is 12.8. The lowest BCUT2D eigenvalue weighted by Gasteiger charge is -2.36. The molecule has 6 aromatic rings. The average Bonchev–Trinajstić information content (AvgIpc) is 3.44. The lowest BCUT2D eigenvalue weighted by atomic mass is 9.75. The molecule has 0 aliphatic carbocycles. The standard InChI is InChI=1S/C38H32ClN3O/c1-27-35(28-18-20-29(21-19-28)37(2,36(40)43)30-22-24-34(39)25-23-30)26-42(41-27)38(31-12-6-3-7-13-31,32-14-8-4-9-15-32)33-16-10-5-11-17-33/h3-26H,1-2H3,(H2,40,43). The first-order chi connectivity index (χ1) is 20.8. The van der Waals surface area contributed by atoms with Crippen LogP contribution in [0.1, 0.15) is 40.4 Å². The fraction of sp³-hybridized carbons (Fsp3) is 0.105. The van der Waals surface area contributed by atoms with Gasteiger partial charge in [-0.15, -0.1) is 0 Å². The highest BCUT2D eigenvalue weighted by atomic mass is 35.5. The number of hydrogen-bond acceptors (Lipinski definition) is 2. The molecule has 0 aliphatic rings. The molecule has 1 aromatic heterocycles. The van der Waals surface area contributed by atoms with E-state index in [0.717, 1.165) is 44.6 Å². The van der Waals surface area contributed by atoms with E-state index in [1.54, 1.807) is 12.1 Å². The van der Waals surface area contributed by atoms with Gasteiger partial charge in [0, 0.05) is 16.8 Å². The Bertz CT molecular complexity index is 1750. The quantitative estimate of drug-likeness (QED) is 0.184. The first-order valence-electron chi connectivity index (χ1n) is 14.3. The van der Waals surface area contributed by atoms with Crippen LogP contribution in [0.15, 0.2) is 146 Å². The third kappa shape index (κ3) is 4.84. The van der Waals surface area contributed by atoms with E-state index in [2.05, 4.69) is 83.7 Å². The molecule has 0 aliphatic heterocycles. The van der Waals surface area contributed by atoms with Crippen molar-refractivity contribution in [3.8, 4) is 11.1 Å². The van der Waals surface area contributed by atoms with Crippen LogP contribution < -0.4 is 5.73 Å². The predicted octanol–water partition coefficient (Wildman–Crippen LogP) is 8.14. The van der Waals surface area contributed by atoms with Crippen LogP contribution in [0.25, 0.3) is 11.1 Å². The van der Waals surface area contributed by atoms with Crippen LogP contribution in [-0.2, 0) is 15.7 Å². The van der Waals surface area contributed by atoms with E-state index in [1.807, 2.05) is 68.4 Å². The van der Waals surface area contributed by atoms with Gasteiger partial charge in [-0.25, -0.2) is 0 Å². The van der Waals surface area contributed by atoms with Crippen molar-refractivity contribution in [3.63, 3.8) is 0 Å². The van der Waals surface area contributed by atoms with E-state index >= 15 is 0 Å². The molecule has 6 rings (SSSR count). The second-order valence-corrected chi connectivity index (χ2v) is 11.4. The Hall–Kier alpha value is -4.93. The Morgan fingerprint density at radius 2 is 1.07 bits per heavy atom. The van der Waals surface area contributed by atoms with E-state index in [4.69, 9.17) is 22.4 Å². The third-order valence-electron chi connectivity index (χ3n) is 8.50. The summed E-state index contributed by atoms with van der Waals surface area (Å²) >= 11 is 6.12. The summed E-state index contributed by atoms with van der Waals surface area (Å²) in [7, 11) is 0. The van der Waals surface area contributed by atoms with Crippen molar-refractivity contribution in [3.05, 3.63) is 184 Å². The van der Waals surface area contributed by atoms with E-state index in [9.17, 15) is 4.79 Å². The van der Waals surface area contributed by atoms with Crippen molar-refractivity contribution in [2.75, 3.05) is 0 Å². The summed E-state index contributed by atoms with van der Waals surface area (Å²) in [6.07, 6.45) is 2.13. The van der Waals surface area contributed by atoms with Gasteiger partial charge in [0.2, 0.25) is 5.91 Å². The van der Waals surface area contributed by atoms with Crippen molar-refractivity contribution in [2.24, 2.45) is 5.73 Å². The van der Waals surface area contributed by atoms with Gasteiger partial charge in [-0.05, 0) is 59.4 Å². The van der Waals surface area contributed by atoms with Crippen LogP contribution in [0, 0.1) is 6.92 Å². The van der Waals surface area contributed by atoms with Crippen LogP contribution in [-0.4, -0.2) is 15.7 Å². The first-order valence-corrected chi connectivity index (χ1v) is 14.6. The van der Waals surface area contributed by atoms with Crippen LogP contribution in [0.2, 0.25) is 5.02 Å². The Kier molecular flexibility index (Phi) is 7.47. The molecular formula is C38H32ClN3O. The monoisotopic (exact) mass is 581 g/mol. The highest BCUT2D eigenvalue weighted by Gasteiger charge is 2.40. The molecule has 43 heavy (non-hydrogen) atoms. The minimum Gasteiger partial charge on any atom is -0.369 e. The Balaban J connectivity index is 1.50. The number of carbonyl (C=O) groups is 1. The number of aryl methyl sites for hydroxylation is 1. The zero-order valence-corrected chi connectivity index (χ0v) is 24.9. The number of primary amides is 1. The van der Waals surface area contributed by atoms with Crippen LogP contribution in [0.3, 0.4) is 0 Å². The molecule has 1 unspecified atom stereocenters. The average molecular weight is 582 g/mol. The number of benzene rings is 5. The molecular weight excluding hydrogens is 550 g/mol. The Morgan fingerprint density at radius 1 is 0.651 bits per heavy atom. The van der Waals surface area contributed by atoms with Gasteiger partial charge < -0.3 is 5.73 Å². The summed E-state index contributed by atoms with van der Waals surface area (Å²) < 4.78 is 2.09. The molecule has 1 amide bonds. The van der Waals surface area contributed by atoms with E-state index < -0.39 is 16.9 Å². The van der Waals surface area contributed by atoms with Gasteiger partial charge in [-0.1, -0.05) is 139 Å². The maximum Gasteiger partial charge on any atom is 0.232 e. The molecule has 5 aromatic carbocycles. The zero-order valence-electron chi connectivity index (χ0n) is 24.1. The molecule has 0 spiro atoms. The van der Waals surface area contributed by atoms with Crippen molar-refractivity contribution < 1.29 is 4.79 Å². The molecule has 1 heterocycles. The summed E-state index contributed by atoms with van der Waals surface area (Å²) in [6, 6.07) is 46.8. The number of aromatic nitrogens is 2. The largest absolute Gasteiger partial charge is 0.369 e. The number of hydrogen-bond donors (Lipinski definition) is 1. The van der Waals surface area contributed by atoms with Gasteiger partial charge in [0.05, 0.1) is 11.1 Å². The highest BCUT2D eigenvalue weighted by Crippen LogP contribution is 2.42. The molecule has 0 bridgehead atoms. The molecule has 0 radical (unpaired) electrons. The number of halogens is 1. The molecule has 212 valence electrons. The van der Waals surface area contributed by atoms with Crippen molar-refractivity contribution >= 4 is 17.5 Å². The predicted molar refractivity (Wildman–Crippen MR) is 174 cm³/mol. The third-order valence-corrected chi connectivity index (χ3v) is 8.76. The molecule has 5 heteroatoms. The Morgan fingerprint density at radius 3 is 1.49 bits per heavy atom. The number of nitrogens with two attached hydrogens (primary N) is 1. The number of amides is 1. The normalized spacial score (nSPS) is 12.9. The minimum absolute atomic E-state index is 0.426. The van der Waals surface area contributed by atoms with Gasteiger partial charge in [0.1, 0.15) is 5.54 Å². The SMILES string of the molecule is Cc1nn(C(c2ccccc2)(c2ccccc2)c2ccccc2)cc1-c1ccc(C(C)(C(N)=O)c2ccc(Cl)cc2)cc1. The molecule has 0 fully saturated rings. The van der Waals surface area contributed by atoms with Crippen molar-refractivity contribution in [1.82, 2.24) is 9.78 Å².